The van der Waals surface area contributed by atoms with Gasteiger partial charge in [0.25, 0.3) is 11.8 Å². The van der Waals surface area contributed by atoms with Crippen LogP contribution in [0.1, 0.15) is 29.8 Å². The average Bonchev–Trinajstić information content (AvgIpc) is 2.81. The van der Waals surface area contributed by atoms with Crippen molar-refractivity contribution in [3.63, 3.8) is 0 Å². The predicted molar refractivity (Wildman–Crippen MR) is 83.8 cm³/mol. The number of carbonyl (C=O) groups excluding carboxylic acids is 3. The molecular formula is C16H20N4O3. The first kappa shape index (κ1) is 15.5. The van der Waals surface area contributed by atoms with Crippen LogP contribution in [0.4, 0.5) is 4.79 Å². The van der Waals surface area contributed by atoms with Crippen molar-refractivity contribution in [1.82, 2.24) is 20.9 Å². The topological polar surface area (TPSA) is 90.5 Å². The van der Waals surface area contributed by atoms with Crippen LogP contribution >= 0.6 is 0 Å². The van der Waals surface area contributed by atoms with Crippen LogP contribution in [0.2, 0.25) is 0 Å². The van der Waals surface area contributed by atoms with Crippen LogP contribution in [0.5, 0.6) is 0 Å². The molecule has 7 nitrogen and oxygen atoms in total. The average molecular weight is 316 g/mol. The minimum atomic E-state index is -1.10. The van der Waals surface area contributed by atoms with Crippen molar-refractivity contribution >= 4 is 17.8 Å². The van der Waals surface area contributed by atoms with E-state index >= 15 is 0 Å². The van der Waals surface area contributed by atoms with Crippen molar-refractivity contribution in [3.05, 3.63) is 35.4 Å². The Balaban J connectivity index is 1.81. The fourth-order valence-electron chi connectivity index (χ4n) is 3.00. The van der Waals surface area contributed by atoms with E-state index in [9.17, 15) is 14.4 Å². The van der Waals surface area contributed by atoms with Gasteiger partial charge < -0.3 is 15.5 Å². The van der Waals surface area contributed by atoms with E-state index in [1.807, 2.05) is 11.8 Å². The highest BCUT2D eigenvalue weighted by Gasteiger charge is 2.43. The minimum absolute atomic E-state index is 0.0180. The van der Waals surface area contributed by atoms with Gasteiger partial charge >= 0.3 is 6.03 Å². The molecule has 2 heterocycles. The van der Waals surface area contributed by atoms with E-state index in [2.05, 4.69) is 16.0 Å². The van der Waals surface area contributed by atoms with Crippen molar-refractivity contribution < 1.29 is 14.4 Å². The SMILES string of the molecule is C[C@H]1CNCCN1C(=O)c1ccc([C@@]2(C)NC(=O)NC2=O)cc1. The molecule has 1 aromatic carbocycles. The smallest absolute Gasteiger partial charge is 0.322 e. The normalized spacial score (nSPS) is 27.6. The number of nitrogens with zero attached hydrogens (tertiary/aromatic N) is 1. The van der Waals surface area contributed by atoms with Crippen molar-refractivity contribution in [2.75, 3.05) is 19.6 Å². The van der Waals surface area contributed by atoms with E-state index < -0.39 is 17.5 Å². The second-order valence-corrected chi connectivity index (χ2v) is 6.16. The quantitative estimate of drug-likeness (QED) is 0.679. The van der Waals surface area contributed by atoms with E-state index in [-0.39, 0.29) is 11.9 Å². The Morgan fingerprint density at radius 3 is 2.52 bits per heavy atom. The Labute approximate surface area is 134 Å². The first-order valence-electron chi connectivity index (χ1n) is 7.67. The molecule has 2 aliphatic heterocycles. The minimum Gasteiger partial charge on any atom is -0.333 e. The molecule has 2 saturated heterocycles. The van der Waals surface area contributed by atoms with Crippen LogP contribution in [0.25, 0.3) is 0 Å². The molecule has 4 amide bonds. The van der Waals surface area contributed by atoms with Gasteiger partial charge in [0.1, 0.15) is 5.54 Å². The molecule has 0 aromatic heterocycles. The number of benzene rings is 1. The number of nitrogens with one attached hydrogen (secondary N) is 3. The van der Waals surface area contributed by atoms with E-state index in [0.29, 0.717) is 17.7 Å². The zero-order valence-electron chi connectivity index (χ0n) is 13.2. The Morgan fingerprint density at radius 2 is 1.96 bits per heavy atom. The maximum atomic E-state index is 12.6. The number of rotatable bonds is 2. The summed E-state index contributed by atoms with van der Waals surface area (Å²) >= 11 is 0. The van der Waals surface area contributed by atoms with E-state index in [0.717, 1.165) is 13.1 Å². The summed E-state index contributed by atoms with van der Waals surface area (Å²) in [5.74, 6) is -0.409. The third-order valence-electron chi connectivity index (χ3n) is 4.52. The van der Waals surface area contributed by atoms with Gasteiger partial charge in [-0.3, -0.25) is 14.9 Å². The highest BCUT2D eigenvalue weighted by atomic mass is 16.2. The lowest BCUT2D eigenvalue weighted by Gasteiger charge is -2.34. The summed E-state index contributed by atoms with van der Waals surface area (Å²) in [7, 11) is 0. The molecule has 7 heteroatoms. The van der Waals surface area contributed by atoms with Crippen molar-refractivity contribution in [1.29, 1.82) is 0 Å². The molecule has 0 aliphatic carbocycles. The van der Waals surface area contributed by atoms with Crippen LogP contribution in [-0.4, -0.2) is 48.4 Å². The summed E-state index contributed by atoms with van der Waals surface area (Å²) in [6.45, 7) is 5.91. The van der Waals surface area contributed by atoms with Gasteiger partial charge in [0, 0.05) is 31.2 Å². The molecule has 3 rings (SSSR count). The molecular weight excluding hydrogens is 296 g/mol. The van der Waals surface area contributed by atoms with Crippen LogP contribution < -0.4 is 16.0 Å². The highest BCUT2D eigenvalue weighted by Crippen LogP contribution is 2.25. The molecule has 23 heavy (non-hydrogen) atoms. The van der Waals surface area contributed by atoms with Crippen LogP contribution in [0.3, 0.4) is 0 Å². The molecule has 0 saturated carbocycles. The molecule has 2 fully saturated rings. The standard InChI is InChI=1S/C16H20N4O3/c1-10-9-17-7-8-20(10)13(21)11-3-5-12(6-4-11)16(2)14(22)18-15(23)19-16/h3-6,10,17H,7-9H2,1-2H3,(H2,18,19,22,23)/t10-,16+/m0/s1. The largest absolute Gasteiger partial charge is 0.333 e. The monoisotopic (exact) mass is 316 g/mol. The Morgan fingerprint density at radius 1 is 1.26 bits per heavy atom. The van der Waals surface area contributed by atoms with Gasteiger partial charge in [-0.2, -0.15) is 0 Å². The first-order chi connectivity index (χ1) is 10.9. The summed E-state index contributed by atoms with van der Waals surface area (Å²) in [6.07, 6.45) is 0. The van der Waals surface area contributed by atoms with Gasteiger partial charge in [0.05, 0.1) is 0 Å². The number of hydrogen-bond donors (Lipinski definition) is 3. The summed E-state index contributed by atoms with van der Waals surface area (Å²) in [5, 5.41) is 8.09. The lowest BCUT2D eigenvalue weighted by atomic mass is 9.91. The highest BCUT2D eigenvalue weighted by molar-refractivity contribution is 6.07. The third kappa shape index (κ3) is 2.68. The van der Waals surface area contributed by atoms with Crippen LogP contribution in [-0.2, 0) is 10.3 Å². The Bertz CT molecular complexity index is 658. The lowest BCUT2D eigenvalue weighted by molar-refractivity contribution is -0.123. The molecule has 1 aromatic rings. The van der Waals surface area contributed by atoms with Crippen LogP contribution in [0, 0.1) is 0 Å². The first-order valence-corrected chi connectivity index (χ1v) is 7.67. The molecule has 0 unspecified atom stereocenters. The third-order valence-corrected chi connectivity index (χ3v) is 4.52. The Kier molecular flexibility index (Phi) is 3.81. The van der Waals surface area contributed by atoms with E-state index in [1.165, 1.54) is 0 Å². The molecule has 122 valence electrons. The Hall–Kier alpha value is -2.41. The number of amides is 4. The number of urea groups is 1. The zero-order chi connectivity index (χ0) is 16.6. The maximum absolute atomic E-state index is 12.6. The molecule has 3 N–H and O–H groups in total. The second-order valence-electron chi connectivity index (χ2n) is 6.16. The number of hydrogen-bond acceptors (Lipinski definition) is 4. The summed E-state index contributed by atoms with van der Waals surface area (Å²) < 4.78 is 0. The lowest BCUT2D eigenvalue weighted by Crippen LogP contribution is -2.52. The van der Waals surface area contributed by atoms with Crippen molar-refractivity contribution in [3.8, 4) is 0 Å². The van der Waals surface area contributed by atoms with E-state index in [1.54, 1.807) is 31.2 Å². The van der Waals surface area contributed by atoms with Crippen molar-refractivity contribution in [2.45, 2.75) is 25.4 Å². The van der Waals surface area contributed by atoms with Gasteiger partial charge in [0.15, 0.2) is 0 Å². The number of piperazine rings is 1. The summed E-state index contributed by atoms with van der Waals surface area (Å²) in [5.41, 5.74) is 0.127. The fraction of sp³-hybridized carbons (Fsp3) is 0.438. The van der Waals surface area contributed by atoms with Gasteiger partial charge in [-0.15, -0.1) is 0 Å². The van der Waals surface area contributed by atoms with Crippen LogP contribution in [0.15, 0.2) is 24.3 Å². The fourth-order valence-corrected chi connectivity index (χ4v) is 3.00. The predicted octanol–water partition coefficient (Wildman–Crippen LogP) is 0.175. The van der Waals surface area contributed by atoms with Gasteiger partial charge in [-0.1, -0.05) is 12.1 Å². The molecule has 0 radical (unpaired) electrons. The molecule has 0 bridgehead atoms. The maximum Gasteiger partial charge on any atom is 0.322 e. The summed E-state index contributed by atoms with van der Waals surface area (Å²) in [6, 6.07) is 6.47. The molecule has 2 atom stereocenters. The van der Waals surface area contributed by atoms with Gasteiger partial charge in [-0.05, 0) is 31.5 Å². The van der Waals surface area contributed by atoms with Gasteiger partial charge in [0.2, 0.25) is 0 Å². The number of imide groups is 1. The number of carbonyl (C=O) groups is 3. The van der Waals surface area contributed by atoms with E-state index in [4.69, 9.17) is 0 Å². The molecule has 0 spiro atoms. The van der Waals surface area contributed by atoms with Crippen molar-refractivity contribution in [2.24, 2.45) is 0 Å². The summed E-state index contributed by atoms with van der Waals surface area (Å²) in [4.78, 5) is 37.7. The molecule has 2 aliphatic rings. The second kappa shape index (κ2) is 5.66. The zero-order valence-corrected chi connectivity index (χ0v) is 13.2. The van der Waals surface area contributed by atoms with Gasteiger partial charge in [-0.25, -0.2) is 4.79 Å².